The van der Waals surface area contributed by atoms with Crippen LogP contribution >= 0.6 is 38.5 Å². The second kappa shape index (κ2) is 6.50. The van der Waals surface area contributed by atoms with Gasteiger partial charge in [0.15, 0.2) is 0 Å². The lowest BCUT2D eigenvalue weighted by Gasteiger charge is -2.16. The first kappa shape index (κ1) is 13.8. The van der Waals surface area contributed by atoms with Gasteiger partial charge in [-0.3, -0.25) is 0 Å². The normalized spacial score (nSPS) is 21.7. The highest BCUT2D eigenvalue weighted by Crippen LogP contribution is 2.28. The molecule has 2 unspecified atom stereocenters. The van der Waals surface area contributed by atoms with Crippen molar-refractivity contribution in [2.45, 2.75) is 37.8 Å². The van der Waals surface area contributed by atoms with E-state index in [0.29, 0.717) is 6.10 Å². The lowest BCUT2D eigenvalue weighted by Crippen LogP contribution is -2.15. The molecule has 94 valence electrons. The zero-order chi connectivity index (χ0) is 12.3. The minimum atomic E-state index is 0.100. The van der Waals surface area contributed by atoms with Crippen molar-refractivity contribution >= 4 is 38.5 Å². The fourth-order valence-corrected chi connectivity index (χ4v) is 3.25. The molecule has 2 nitrogen and oxygen atoms in total. The highest BCUT2D eigenvalue weighted by atomic mass is 127. The number of ether oxygens (including phenoxy) is 1. The summed E-state index contributed by atoms with van der Waals surface area (Å²) in [5.74, 6) is 0. The van der Waals surface area contributed by atoms with Gasteiger partial charge in [0, 0.05) is 20.7 Å². The van der Waals surface area contributed by atoms with Gasteiger partial charge in [0.2, 0.25) is 0 Å². The van der Waals surface area contributed by atoms with E-state index < -0.39 is 0 Å². The Morgan fingerprint density at radius 1 is 1.53 bits per heavy atom. The summed E-state index contributed by atoms with van der Waals surface area (Å²) in [6.07, 6.45) is 4.89. The Hall–Kier alpha value is 0.350. The van der Waals surface area contributed by atoms with Gasteiger partial charge in [-0.05, 0) is 72.0 Å². The molecule has 1 aromatic carbocycles. The van der Waals surface area contributed by atoms with Crippen LogP contribution in [0.25, 0.3) is 0 Å². The maximum atomic E-state index is 6.25. The molecule has 0 aliphatic carbocycles. The maximum absolute atomic E-state index is 6.25. The van der Waals surface area contributed by atoms with Crippen molar-refractivity contribution in [1.29, 1.82) is 0 Å². The molecule has 17 heavy (non-hydrogen) atoms. The molecule has 0 saturated carbocycles. The Labute approximate surface area is 125 Å². The van der Waals surface area contributed by atoms with E-state index in [0.717, 1.165) is 23.9 Å². The van der Waals surface area contributed by atoms with Crippen molar-refractivity contribution in [3.8, 4) is 0 Å². The number of hydrogen-bond donors (Lipinski definition) is 1. The van der Waals surface area contributed by atoms with Crippen LogP contribution in [0.1, 0.15) is 37.3 Å². The second-order valence-corrected chi connectivity index (χ2v) is 6.58. The van der Waals surface area contributed by atoms with Crippen LogP contribution < -0.4 is 5.73 Å². The molecular formula is C13H17BrINO. The Bertz CT molecular complexity index is 380. The Morgan fingerprint density at radius 3 is 3.06 bits per heavy atom. The van der Waals surface area contributed by atoms with Gasteiger partial charge in [0.1, 0.15) is 0 Å². The molecule has 2 rings (SSSR count). The molecule has 0 bridgehead atoms. The van der Waals surface area contributed by atoms with Crippen LogP contribution in [0.2, 0.25) is 0 Å². The summed E-state index contributed by atoms with van der Waals surface area (Å²) < 4.78 is 7.96. The molecule has 0 aromatic heterocycles. The van der Waals surface area contributed by atoms with Crippen LogP contribution in [0.15, 0.2) is 22.7 Å². The van der Waals surface area contributed by atoms with Crippen LogP contribution in [0, 0.1) is 3.57 Å². The van der Waals surface area contributed by atoms with E-state index >= 15 is 0 Å². The van der Waals surface area contributed by atoms with E-state index in [4.69, 9.17) is 10.5 Å². The van der Waals surface area contributed by atoms with Crippen molar-refractivity contribution in [2.75, 3.05) is 6.61 Å². The first-order valence-electron chi connectivity index (χ1n) is 5.99. The summed E-state index contributed by atoms with van der Waals surface area (Å²) in [5.41, 5.74) is 7.46. The fourth-order valence-electron chi connectivity index (χ4n) is 2.19. The standard InChI is InChI=1S/C13H17BrINO/c14-12-5-3-9(15)8-11(12)13(16)6-4-10-2-1-7-17-10/h3,5,8,10,13H,1-2,4,6-7,16H2. The third kappa shape index (κ3) is 3.91. The van der Waals surface area contributed by atoms with Crippen molar-refractivity contribution in [2.24, 2.45) is 5.73 Å². The zero-order valence-electron chi connectivity index (χ0n) is 9.66. The topological polar surface area (TPSA) is 35.2 Å². The number of nitrogens with two attached hydrogens (primary N) is 1. The molecule has 1 saturated heterocycles. The Kier molecular flexibility index (Phi) is 5.26. The number of benzene rings is 1. The van der Waals surface area contributed by atoms with Gasteiger partial charge < -0.3 is 10.5 Å². The summed E-state index contributed by atoms with van der Waals surface area (Å²) in [6, 6.07) is 6.41. The van der Waals surface area contributed by atoms with E-state index in [-0.39, 0.29) is 6.04 Å². The number of rotatable bonds is 4. The third-order valence-corrected chi connectivity index (χ3v) is 4.57. The second-order valence-electron chi connectivity index (χ2n) is 4.48. The molecule has 1 heterocycles. The van der Waals surface area contributed by atoms with Crippen LogP contribution in [0.5, 0.6) is 0 Å². The predicted octanol–water partition coefficient (Wildman–Crippen LogP) is 4.01. The van der Waals surface area contributed by atoms with Gasteiger partial charge in [-0.15, -0.1) is 0 Å². The van der Waals surface area contributed by atoms with Crippen molar-refractivity contribution in [3.05, 3.63) is 31.8 Å². The Balaban J connectivity index is 1.93. The molecule has 1 aromatic rings. The smallest absolute Gasteiger partial charge is 0.0576 e. The van der Waals surface area contributed by atoms with E-state index in [1.807, 2.05) is 0 Å². The molecular weight excluding hydrogens is 393 g/mol. The molecule has 0 spiro atoms. The molecule has 2 atom stereocenters. The van der Waals surface area contributed by atoms with Crippen LogP contribution in [0.4, 0.5) is 0 Å². The van der Waals surface area contributed by atoms with Gasteiger partial charge in [-0.2, -0.15) is 0 Å². The summed E-state index contributed by atoms with van der Waals surface area (Å²) in [6.45, 7) is 0.923. The lowest BCUT2D eigenvalue weighted by atomic mass is 10.0. The van der Waals surface area contributed by atoms with Gasteiger partial charge in [-0.1, -0.05) is 15.9 Å². The highest BCUT2D eigenvalue weighted by molar-refractivity contribution is 14.1. The zero-order valence-corrected chi connectivity index (χ0v) is 13.4. The van der Waals surface area contributed by atoms with E-state index in [2.05, 4.69) is 56.7 Å². The molecule has 0 radical (unpaired) electrons. The predicted molar refractivity (Wildman–Crippen MR) is 82.0 cm³/mol. The summed E-state index contributed by atoms with van der Waals surface area (Å²) in [5, 5.41) is 0. The van der Waals surface area contributed by atoms with Crippen LogP contribution in [-0.2, 0) is 4.74 Å². The van der Waals surface area contributed by atoms with Crippen LogP contribution in [0.3, 0.4) is 0 Å². The largest absolute Gasteiger partial charge is 0.378 e. The average molecular weight is 410 g/mol. The monoisotopic (exact) mass is 409 g/mol. The number of hydrogen-bond acceptors (Lipinski definition) is 2. The summed E-state index contributed by atoms with van der Waals surface area (Å²) in [7, 11) is 0. The van der Waals surface area contributed by atoms with Crippen molar-refractivity contribution < 1.29 is 4.74 Å². The van der Waals surface area contributed by atoms with Crippen molar-refractivity contribution in [3.63, 3.8) is 0 Å². The minimum Gasteiger partial charge on any atom is -0.378 e. The maximum Gasteiger partial charge on any atom is 0.0576 e. The molecule has 1 aliphatic rings. The summed E-state index contributed by atoms with van der Waals surface area (Å²) >= 11 is 5.89. The van der Waals surface area contributed by atoms with Gasteiger partial charge >= 0.3 is 0 Å². The lowest BCUT2D eigenvalue weighted by molar-refractivity contribution is 0.101. The Morgan fingerprint density at radius 2 is 2.35 bits per heavy atom. The van der Waals surface area contributed by atoms with Gasteiger partial charge in [0.05, 0.1) is 6.10 Å². The quantitative estimate of drug-likeness (QED) is 0.762. The van der Waals surface area contributed by atoms with Crippen LogP contribution in [-0.4, -0.2) is 12.7 Å². The van der Waals surface area contributed by atoms with Gasteiger partial charge in [-0.25, -0.2) is 0 Å². The SMILES string of the molecule is NC(CCC1CCCO1)c1cc(I)ccc1Br. The highest BCUT2D eigenvalue weighted by Gasteiger charge is 2.18. The van der Waals surface area contributed by atoms with Gasteiger partial charge in [0.25, 0.3) is 0 Å². The molecule has 1 fully saturated rings. The van der Waals surface area contributed by atoms with E-state index in [9.17, 15) is 0 Å². The van der Waals surface area contributed by atoms with E-state index in [1.54, 1.807) is 0 Å². The average Bonchev–Trinajstić information content (AvgIpc) is 2.82. The minimum absolute atomic E-state index is 0.100. The van der Waals surface area contributed by atoms with Crippen molar-refractivity contribution in [1.82, 2.24) is 0 Å². The van der Waals surface area contributed by atoms with E-state index in [1.165, 1.54) is 22.0 Å². The fraction of sp³-hybridized carbons (Fsp3) is 0.538. The molecule has 2 N–H and O–H groups in total. The molecule has 4 heteroatoms. The molecule has 0 amide bonds. The summed E-state index contributed by atoms with van der Waals surface area (Å²) in [4.78, 5) is 0. The number of halogens is 2. The third-order valence-electron chi connectivity index (χ3n) is 3.18. The first-order valence-corrected chi connectivity index (χ1v) is 7.86. The molecule has 1 aliphatic heterocycles. The first-order chi connectivity index (χ1) is 8.16.